The average molecular weight is 481 g/mol. The van der Waals surface area contributed by atoms with Gasteiger partial charge in [0.15, 0.2) is 11.6 Å². The Balaban J connectivity index is 2.28. The maximum atomic E-state index is 13.8. The fraction of sp³-hybridized carbons (Fsp3) is 0.294. The maximum absolute atomic E-state index is 13.8. The maximum Gasteiger partial charge on any atom is 0.573 e. The van der Waals surface area contributed by atoms with E-state index in [1.165, 1.54) is 0 Å². The summed E-state index contributed by atoms with van der Waals surface area (Å²) in [6.45, 7) is 0. The highest BCUT2D eigenvalue weighted by Crippen LogP contribution is 2.27. The van der Waals surface area contributed by atoms with Gasteiger partial charge in [0.25, 0.3) is 0 Å². The van der Waals surface area contributed by atoms with Crippen LogP contribution in [0.3, 0.4) is 0 Å². The minimum absolute atomic E-state index is 0.100. The van der Waals surface area contributed by atoms with Crippen LogP contribution in [0.4, 0.5) is 39.5 Å². The fourth-order valence-corrected chi connectivity index (χ4v) is 3.76. The van der Waals surface area contributed by atoms with E-state index in [1.54, 1.807) is 4.72 Å². The number of nitrogens with one attached hydrogen (secondary N) is 1. The molecule has 0 radical (unpaired) electrons. The minimum atomic E-state index is -5.05. The van der Waals surface area contributed by atoms with E-state index in [1.807, 2.05) is 0 Å². The summed E-state index contributed by atoms with van der Waals surface area (Å²) in [5, 5.41) is 0. The summed E-state index contributed by atoms with van der Waals surface area (Å²) in [5.41, 5.74) is -0.718. The lowest BCUT2D eigenvalue weighted by Gasteiger charge is -2.21. The van der Waals surface area contributed by atoms with Crippen LogP contribution in [0.1, 0.15) is 12.0 Å². The van der Waals surface area contributed by atoms with Gasteiger partial charge in [0.05, 0.1) is 11.3 Å². The lowest BCUT2D eigenvalue weighted by atomic mass is 10.0. The van der Waals surface area contributed by atoms with E-state index in [0.717, 1.165) is 0 Å². The van der Waals surface area contributed by atoms with E-state index in [0.29, 0.717) is 30.3 Å². The molecule has 0 aliphatic rings. The molecule has 172 valence electrons. The van der Waals surface area contributed by atoms with E-state index in [2.05, 4.69) is 4.74 Å². The van der Waals surface area contributed by atoms with Gasteiger partial charge < -0.3 is 4.74 Å². The molecule has 1 atom stereocenters. The van der Waals surface area contributed by atoms with E-state index >= 15 is 0 Å². The molecule has 1 N–H and O–H groups in total. The number of rotatable bonds is 7. The summed E-state index contributed by atoms with van der Waals surface area (Å²) in [6.07, 6.45) is -12.8. The van der Waals surface area contributed by atoms with Crippen LogP contribution in [0.15, 0.2) is 41.3 Å². The van der Waals surface area contributed by atoms with Crippen molar-refractivity contribution in [1.82, 2.24) is 4.72 Å². The summed E-state index contributed by atoms with van der Waals surface area (Å²) in [4.78, 5) is -0.708. The molecule has 0 unspecified atom stereocenters. The van der Waals surface area contributed by atoms with Gasteiger partial charge in [-0.05, 0) is 42.3 Å². The SMILES string of the molecule is O=S(=O)(N[C@@H](Cc1cc(F)c(F)cc1F)CC(F)(F)F)c1ccc(OC(F)(F)F)cc1. The quantitative estimate of drug-likeness (QED) is 0.455. The number of halogens is 9. The molecule has 0 amide bonds. The number of alkyl halides is 6. The van der Waals surface area contributed by atoms with Gasteiger partial charge in [-0.2, -0.15) is 13.2 Å². The Labute approximate surface area is 169 Å². The predicted molar refractivity (Wildman–Crippen MR) is 87.9 cm³/mol. The van der Waals surface area contributed by atoms with Crippen LogP contribution in [0.5, 0.6) is 5.75 Å². The molecule has 2 aromatic rings. The molecule has 0 heterocycles. The summed E-state index contributed by atoms with van der Waals surface area (Å²) in [5.74, 6) is -5.30. The van der Waals surface area contributed by atoms with Crippen molar-refractivity contribution in [3.05, 3.63) is 59.4 Å². The zero-order valence-electron chi connectivity index (χ0n) is 15.0. The largest absolute Gasteiger partial charge is 0.573 e. The highest BCUT2D eigenvalue weighted by molar-refractivity contribution is 7.89. The van der Waals surface area contributed by atoms with Gasteiger partial charge in [0.1, 0.15) is 11.6 Å². The summed E-state index contributed by atoms with van der Waals surface area (Å²) in [7, 11) is -4.72. The second kappa shape index (κ2) is 8.94. The van der Waals surface area contributed by atoms with Crippen molar-refractivity contribution in [1.29, 1.82) is 0 Å². The zero-order chi connectivity index (χ0) is 23.6. The third-order valence-electron chi connectivity index (χ3n) is 3.72. The monoisotopic (exact) mass is 481 g/mol. The molecule has 0 fully saturated rings. The van der Waals surface area contributed by atoms with Crippen molar-refractivity contribution in [2.75, 3.05) is 0 Å². The van der Waals surface area contributed by atoms with Gasteiger partial charge in [0, 0.05) is 12.1 Å². The van der Waals surface area contributed by atoms with Crippen LogP contribution in [0, 0.1) is 17.5 Å². The van der Waals surface area contributed by atoms with E-state index < -0.39 is 75.1 Å². The van der Waals surface area contributed by atoms with Gasteiger partial charge in [-0.3, -0.25) is 0 Å². The van der Waals surface area contributed by atoms with E-state index in [-0.39, 0.29) is 6.07 Å². The van der Waals surface area contributed by atoms with Gasteiger partial charge in [0.2, 0.25) is 10.0 Å². The lowest BCUT2D eigenvalue weighted by Crippen LogP contribution is -2.39. The van der Waals surface area contributed by atoms with Gasteiger partial charge in [-0.1, -0.05) is 0 Å². The first-order chi connectivity index (χ1) is 14.1. The molecule has 0 bridgehead atoms. The molecule has 2 aromatic carbocycles. The van der Waals surface area contributed by atoms with Gasteiger partial charge in [-0.25, -0.2) is 26.3 Å². The van der Waals surface area contributed by atoms with Gasteiger partial charge >= 0.3 is 12.5 Å². The molecule has 0 spiro atoms. The Morgan fingerprint density at radius 2 is 1.42 bits per heavy atom. The van der Waals surface area contributed by atoms with Crippen molar-refractivity contribution in [2.24, 2.45) is 0 Å². The number of hydrogen-bond donors (Lipinski definition) is 1. The molecule has 31 heavy (non-hydrogen) atoms. The third-order valence-corrected chi connectivity index (χ3v) is 5.26. The Morgan fingerprint density at radius 1 is 0.871 bits per heavy atom. The first kappa shape index (κ1) is 24.8. The number of sulfonamides is 1. The summed E-state index contributed by atoms with van der Waals surface area (Å²) < 4.78 is 145. The van der Waals surface area contributed by atoms with Crippen LogP contribution >= 0.6 is 0 Å². The normalized spacial score (nSPS) is 13.8. The van der Waals surface area contributed by atoms with Crippen molar-refractivity contribution >= 4 is 10.0 Å². The van der Waals surface area contributed by atoms with Gasteiger partial charge in [-0.15, -0.1) is 13.2 Å². The molecule has 0 saturated carbocycles. The summed E-state index contributed by atoms with van der Waals surface area (Å²) in [6, 6.07) is 0.897. The lowest BCUT2D eigenvalue weighted by molar-refractivity contribution is -0.274. The Bertz CT molecular complexity index is 1020. The van der Waals surface area contributed by atoms with Crippen molar-refractivity contribution in [3.63, 3.8) is 0 Å². The molecule has 0 aromatic heterocycles. The minimum Gasteiger partial charge on any atom is -0.406 e. The van der Waals surface area contributed by atoms with Crippen LogP contribution in [0.2, 0.25) is 0 Å². The second-order valence-electron chi connectivity index (χ2n) is 6.22. The van der Waals surface area contributed by atoms with Crippen LogP contribution < -0.4 is 9.46 Å². The molecule has 4 nitrogen and oxygen atoms in total. The van der Waals surface area contributed by atoms with E-state index in [4.69, 9.17) is 0 Å². The number of hydrogen-bond acceptors (Lipinski definition) is 3. The smallest absolute Gasteiger partial charge is 0.406 e. The average Bonchev–Trinajstić information content (AvgIpc) is 2.57. The molecule has 0 aliphatic heterocycles. The first-order valence-electron chi connectivity index (χ1n) is 8.14. The van der Waals surface area contributed by atoms with Crippen LogP contribution in [0.25, 0.3) is 0 Å². The molecule has 0 saturated heterocycles. The highest BCUT2D eigenvalue weighted by Gasteiger charge is 2.35. The molecule has 2 rings (SSSR count). The van der Waals surface area contributed by atoms with Crippen molar-refractivity contribution in [2.45, 2.75) is 36.3 Å². The van der Waals surface area contributed by atoms with Crippen molar-refractivity contribution < 1.29 is 52.7 Å². The first-order valence-corrected chi connectivity index (χ1v) is 9.62. The summed E-state index contributed by atoms with van der Waals surface area (Å²) >= 11 is 0. The third kappa shape index (κ3) is 7.61. The Kier molecular flexibility index (Phi) is 7.15. The molecular weight excluding hydrogens is 469 g/mol. The van der Waals surface area contributed by atoms with Crippen LogP contribution in [-0.4, -0.2) is 27.0 Å². The van der Waals surface area contributed by atoms with E-state index in [9.17, 15) is 47.9 Å². The Morgan fingerprint density at radius 3 is 1.94 bits per heavy atom. The topological polar surface area (TPSA) is 55.4 Å². The molecular formula is C17H12F9NO3S. The number of ether oxygens (including phenoxy) is 1. The second-order valence-corrected chi connectivity index (χ2v) is 7.93. The molecule has 0 aliphatic carbocycles. The predicted octanol–water partition coefficient (Wildman–Crippen LogP) is 4.84. The standard InChI is InChI=1S/C17H12F9NO3S/c18-13-7-15(20)14(19)6-9(13)5-10(8-16(21,22)23)27-31(28,29)12-3-1-11(2-4-12)30-17(24,25)26/h1-4,6-7,10,27H,5,8H2/t10-/m0/s1. The highest BCUT2D eigenvalue weighted by atomic mass is 32.2. The zero-order valence-corrected chi connectivity index (χ0v) is 15.8. The van der Waals surface area contributed by atoms with Crippen molar-refractivity contribution in [3.8, 4) is 5.75 Å². The van der Waals surface area contributed by atoms with Crippen LogP contribution in [-0.2, 0) is 16.4 Å². The fourth-order valence-electron chi connectivity index (χ4n) is 2.53. The number of benzene rings is 2. The Hall–Kier alpha value is -2.48. The molecule has 14 heteroatoms.